The zero-order chi connectivity index (χ0) is 14.9. The lowest BCUT2D eigenvalue weighted by molar-refractivity contribution is -0.135. The van der Waals surface area contributed by atoms with Gasteiger partial charge >= 0.3 is 12.0 Å². The monoisotopic (exact) mass is 278 g/mol. The molecule has 20 heavy (non-hydrogen) atoms. The molecule has 1 aliphatic rings. The first-order valence-electron chi connectivity index (χ1n) is 6.38. The molecule has 0 aliphatic heterocycles. The Morgan fingerprint density at radius 1 is 1.35 bits per heavy atom. The molecule has 6 heteroatoms. The van der Waals surface area contributed by atoms with Gasteiger partial charge in [0.05, 0.1) is 0 Å². The Balaban J connectivity index is 2.12. The number of nitrogens with zero attached hydrogens (tertiary/aromatic N) is 1. The minimum absolute atomic E-state index is 0.0627. The molecule has 3 N–H and O–H groups in total. The Labute approximate surface area is 117 Å². The van der Waals surface area contributed by atoms with E-state index >= 15 is 0 Å². The summed E-state index contributed by atoms with van der Waals surface area (Å²) in [5, 5.41) is 21.0. The third-order valence-electron chi connectivity index (χ3n) is 3.51. The van der Waals surface area contributed by atoms with E-state index in [1.807, 2.05) is 13.8 Å². The molecule has 0 heterocycles. The molecule has 0 radical (unpaired) electrons. The number of carbonyl (C=O) groups is 2. The third-order valence-corrected chi connectivity index (χ3v) is 3.51. The average molecular weight is 278 g/mol. The van der Waals surface area contributed by atoms with Gasteiger partial charge in [-0.3, -0.25) is 9.69 Å². The van der Waals surface area contributed by atoms with Crippen LogP contribution < -0.4 is 10.2 Å². The van der Waals surface area contributed by atoms with E-state index in [2.05, 4.69) is 5.32 Å². The summed E-state index contributed by atoms with van der Waals surface area (Å²) in [4.78, 5) is 24.3. The molecular weight excluding hydrogens is 260 g/mol. The SMILES string of the molecule is CC1(C)CC1NC(=O)N(CC(=O)O)c1ccc(O)cc1. The molecule has 1 aromatic rings. The summed E-state index contributed by atoms with van der Waals surface area (Å²) in [5.41, 5.74) is 0.501. The number of carboxylic acid groups (broad SMARTS) is 1. The second kappa shape index (κ2) is 5.03. The van der Waals surface area contributed by atoms with E-state index in [1.165, 1.54) is 24.3 Å². The Bertz CT molecular complexity index is 524. The summed E-state index contributed by atoms with van der Waals surface area (Å²) in [6.07, 6.45) is 0.884. The topological polar surface area (TPSA) is 89.9 Å². The lowest BCUT2D eigenvalue weighted by Crippen LogP contribution is -2.44. The average Bonchev–Trinajstić information content (AvgIpc) is 2.94. The Hall–Kier alpha value is -2.24. The summed E-state index contributed by atoms with van der Waals surface area (Å²) in [6, 6.07) is 5.49. The van der Waals surface area contributed by atoms with Gasteiger partial charge in [-0.25, -0.2) is 4.79 Å². The van der Waals surface area contributed by atoms with Crippen LogP contribution in [0.5, 0.6) is 5.75 Å². The number of benzene rings is 1. The molecule has 2 amide bonds. The van der Waals surface area contributed by atoms with Crippen molar-refractivity contribution in [1.82, 2.24) is 5.32 Å². The lowest BCUT2D eigenvalue weighted by Gasteiger charge is -2.22. The third kappa shape index (κ3) is 3.20. The number of phenolic OH excluding ortho intramolecular Hbond substituents is 1. The van der Waals surface area contributed by atoms with Crippen molar-refractivity contribution in [3.63, 3.8) is 0 Å². The largest absolute Gasteiger partial charge is 0.508 e. The highest BCUT2D eigenvalue weighted by Crippen LogP contribution is 2.44. The van der Waals surface area contributed by atoms with Gasteiger partial charge in [0.1, 0.15) is 12.3 Å². The normalized spacial score (nSPS) is 19.2. The maximum absolute atomic E-state index is 12.2. The fraction of sp³-hybridized carbons (Fsp3) is 0.429. The van der Waals surface area contributed by atoms with Crippen molar-refractivity contribution in [2.75, 3.05) is 11.4 Å². The molecule has 1 fully saturated rings. The molecule has 0 saturated heterocycles. The highest BCUT2D eigenvalue weighted by molar-refractivity contribution is 5.96. The van der Waals surface area contributed by atoms with E-state index in [-0.39, 0.29) is 17.2 Å². The highest BCUT2D eigenvalue weighted by atomic mass is 16.4. The predicted octanol–water partition coefficient (Wildman–Crippen LogP) is 1.79. The number of carbonyl (C=O) groups excluding carboxylic acids is 1. The number of phenols is 1. The molecule has 0 spiro atoms. The predicted molar refractivity (Wildman–Crippen MR) is 73.8 cm³/mol. The van der Waals surface area contributed by atoms with Crippen LogP contribution in [0.25, 0.3) is 0 Å². The Kier molecular flexibility index (Phi) is 3.57. The molecule has 1 saturated carbocycles. The van der Waals surface area contributed by atoms with Crippen LogP contribution in [0.4, 0.5) is 10.5 Å². The van der Waals surface area contributed by atoms with Gasteiger partial charge in [-0.05, 0) is 36.1 Å². The van der Waals surface area contributed by atoms with Gasteiger partial charge in [0.25, 0.3) is 0 Å². The Morgan fingerprint density at radius 2 is 1.90 bits per heavy atom. The number of hydrogen-bond donors (Lipinski definition) is 3. The summed E-state index contributed by atoms with van der Waals surface area (Å²) >= 11 is 0. The number of carboxylic acids is 1. The maximum atomic E-state index is 12.2. The van der Waals surface area contributed by atoms with Crippen LogP contribution in [0, 0.1) is 5.41 Å². The lowest BCUT2D eigenvalue weighted by atomic mass is 10.2. The molecule has 0 aromatic heterocycles. The number of aliphatic carboxylic acids is 1. The highest BCUT2D eigenvalue weighted by Gasteiger charge is 2.47. The van der Waals surface area contributed by atoms with Crippen molar-refractivity contribution >= 4 is 17.7 Å². The number of anilines is 1. The fourth-order valence-electron chi connectivity index (χ4n) is 1.99. The first-order chi connectivity index (χ1) is 9.29. The number of urea groups is 1. The van der Waals surface area contributed by atoms with Gasteiger partial charge in [-0.2, -0.15) is 0 Å². The van der Waals surface area contributed by atoms with Gasteiger partial charge in [0.15, 0.2) is 0 Å². The first kappa shape index (κ1) is 14.2. The number of amides is 2. The summed E-state index contributed by atoms with van der Waals surface area (Å²) in [7, 11) is 0. The zero-order valence-electron chi connectivity index (χ0n) is 11.5. The van der Waals surface area contributed by atoms with Gasteiger partial charge in [-0.1, -0.05) is 13.8 Å². The van der Waals surface area contributed by atoms with Crippen LogP contribution >= 0.6 is 0 Å². The number of hydrogen-bond acceptors (Lipinski definition) is 3. The van der Waals surface area contributed by atoms with Crippen molar-refractivity contribution in [1.29, 1.82) is 0 Å². The van der Waals surface area contributed by atoms with Crippen molar-refractivity contribution in [2.45, 2.75) is 26.3 Å². The quantitative estimate of drug-likeness (QED) is 0.783. The van der Waals surface area contributed by atoms with Crippen LogP contribution in [-0.4, -0.2) is 34.8 Å². The Morgan fingerprint density at radius 3 is 2.35 bits per heavy atom. The van der Waals surface area contributed by atoms with Crippen molar-refractivity contribution in [2.24, 2.45) is 5.41 Å². The van der Waals surface area contributed by atoms with E-state index in [4.69, 9.17) is 5.11 Å². The van der Waals surface area contributed by atoms with Gasteiger partial charge in [0, 0.05) is 11.7 Å². The second-order valence-electron chi connectivity index (χ2n) is 5.69. The van der Waals surface area contributed by atoms with Crippen LogP contribution in [0.2, 0.25) is 0 Å². The van der Waals surface area contributed by atoms with E-state index in [1.54, 1.807) is 0 Å². The number of rotatable bonds is 4. The molecule has 1 atom stereocenters. The summed E-state index contributed by atoms with van der Waals surface area (Å²) in [6.45, 7) is 3.66. The van der Waals surface area contributed by atoms with Gasteiger partial charge in [-0.15, -0.1) is 0 Å². The molecule has 6 nitrogen and oxygen atoms in total. The molecular formula is C14H18N2O4. The van der Waals surface area contributed by atoms with Crippen molar-refractivity contribution < 1.29 is 19.8 Å². The summed E-state index contributed by atoms with van der Waals surface area (Å²) < 4.78 is 0. The first-order valence-corrected chi connectivity index (χ1v) is 6.38. The maximum Gasteiger partial charge on any atom is 0.323 e. The second-order valence-corrected chi connectivity index (χ2v) is 5.69. The van der Waals surface area contributed by atoms with E-state index in [0.29, 0.717) is 5.69 Å². The van der Waals surface area contributed by atoms with Crippen LogP contribution in [0.3, 0.4) is 0 Å². The number of nitrogens with one attached hydrogen (secondary N) is 1. The molecule has 1 unspecified atom stereocenters. The zero-order valence-corrected chi connectivity index (χ0v) is 11.5. The molecule has 1 aromatic carbocycles. The molecule has 1 aliphatic carbocycles. The van der Waals surface area contributed by atoms with Crippen LogP contribution in [0.1, 0.15) is 20.3 Å². The molecule has 0 bridgehead atoms. The number of aromatic hydroxyl groups is 1. The van der Waals surface area contributed by atoms with E-state index in [9.17, 15) is 14.7 Å². The van der Waals surface area contributed by atoms with Crippen molar-refractivity contribution in [3.8, 4) is 5.75 Å². The van der Waals surface area contributed by atoms with E-state index in [0.717, 1.165) is 11.3 Å². The molecule has 108 valence electrons. The standard InChI is InChI=1S/C14H18N2O4/c1-14(2)7-11(14)15-13(20)16(8-12(18)19)9-3-5-10(17)6-4-9/h3-6,11,17H,7-8H2,1-2H3,(H,15,20)(H,18,19). The fourth-order valence-corrected chi connectivity index (χ4v) is 1.99. The molecule has 2 rings (SSSR count). The van der Waals surface area contributed by atoms with E-state index < -0.39 is 18.5 Å². The summed E-state index contributed by atoms with van der Waals surface area (Å²) in [5.74, 6) is -1.03. The van der Waals surface area contributed by atoms with Crippen LogP contribution in [-0.2, 0) is 4.79 Å². The van der Waals surface area contributed by atoms with Gasteiger partial charge < -0.3 is 15.5 Å². The smallest absolute Gasteiger partial charge is 0.323 e. The van der Waals surface area contributed by atoms with Gasteiger partial charge in [0.2, 0.25) is 0 Å². The minimum atomic E-state index is -1.09. The minimum Gasteiger partial charge on any atom is -0.508 e. The van der Waals surface area contributed by atoms with Crippen LogP contribution in [0.15, 0.2) is 24.3 Å². The van der Waals surface area contributed by atoms with Crippen molar-refractivity contribution in [3.05, 3.63) is 24.3 Å².